The van der Waals surface area contributed by atoms with Gasteiger partial charge in [-0.25, -0.2) is 0 Å². The molecule has 2 heteroatoms. The summed E-state index contributed by atoms with van der Waals surface area (Å²) in [6.07, 6.45) is 0.484. The lowest BCUT2D eigenvalue weighted by Crippen LogP contribution is -2.11. The molecule has 0 aliphatic heterocycles. The van der Waals surface area contributed by atoms with E-state index in [1.165, 1.54) is 0 Å². The lowest BCUT2D eigenvalue weighted by Gasteiger charge is -2.12. The Balaban J connectivity index is 1.96. The van der Waals surface area contributed by atoms with Crippen LogP contribution in [0.15, 0.2) is 41.5 Å². The van der Waals surface area contributed by atoms with Gasteiger partial charge in [-0.3, -0.25) is 4.79 Å². The van der Waals surface area contributed by atoms with Gasteiger partial charge in [-0.2, -0.15) is 0 Å². The standard InChI is InChI=1S/C14H16O2/c1-10-11(2)14(8-13(10)15)16-9-12-6-4-3-5-7-12/h3-7,14H,8-9H2,1-2H3. The number of carbonyl (C=O) groups is 1. The highest BCUT2D eigenvalue weighted by atomic mass is 16.5. The molecule has 1 atom stereocenters. The largest absolute Gasteiger partial charge is 0.369 e. The third kappa shape index (κ3) is 2.22. The number of carbonyl (C=O) groups excluding carboxylic acids is 1. The van der Waals surface area contributed by atoms with Crippen LogP contribution in [0.5, 0.6) is 0 Å². The lowest BCUT2D eigenvalue weighted by molar-refractivity contribution is -0.116. The highest BCUT2D eigenvalue weighted by Gasteiger charge is 2.27. The van der Waals surface area contributed by atoms with Crippen LogP contribution in [0.2, 0.25) is 0 Å². The minimum atomic E-state index is -0.0206. The van der Waals surface area contributed by atoms with Gasteiger partial charge in [0.1, 0.15) is 0 Å². The first-order chi connectivity index (χ1) is 7.68. The summed E-state index contributed by atoms with van der Waals surface area (Å²) in [4.78, 5) is 11.5. The molecule has 0 saturated carbocycles. The van der Waals surface area contributed by atoms with Crippen LogP contribution < -0.4 is 0 Å². The highest BCUT2D eigenvalue weighted by Crippen LogP contribution is 2.25. The van der Waals surface area contributed by atoms with Gasteiger partial charge in [0.05, 0.1) is 12.7 Å². The van der Waals surface area contributed by atoms with Crippen molar-refractivity contribution in [3.05, 3.63) is 47.0 Å². The van der Waals surface area contributed by atoms with E-state index in [-0.39, 0.29) is 11.9 Å². The molecule has 1 aliphatic carbocycles. The molecule has 1 aliphatic rings. The van der Waals surface area contributed by atoms with Crippen LogP contribution in [0.3, 0.4) is 0 Å². The Morgan fingerprint density at radius 3 is 2.50 bits per heavy atom. The smallest absolute Gasteiger partial charge is 0.161 e. The number of hydrogen-bond donors (Lipinski definition) is 0. The normalized spacial score (nSPS) is 20.6. The summed E-state index contributed by atoms with van der Waals surface area (Å²) in [7, 11) is 0. The van der Waals surface area contributed by atoms with Gasteiger partial charge < -0.3 is 4.74 Å². The average Bonchev–Trinajstić information content (AvgIpc) is 2.56. The number of benzene rings is 1. The number of ether oxygens (including phenoxy) is 1. The molecule has 84 valence electrons. The minimum Gasteiger partial charge on any atom is -0.369 e. The maximum Gasteiger partial charge on any atom is 0.161 e. The fraction of sp³-hybridized carbons (Fsp3) is 0.357. The molecule has 2 nitrogen and oxygen atoms in total. The first kappa shape index (κ1) is 11.1. The van der Waals surface area contributed by atoms with Gasteiger partial charge in [-0.15, -0.1) is 0 Å². The molecule has 0 bridgehead atoms. The van der Waals surface area contributed by atoms with Crippen molar-refractivity contribution in [2.24, 2.45) is 0 Å². The summed E-state index contributed by atoms with van der Waals surface area (Å²) >= 11 is 0. The van der Waals surface area contributed by atoms with Crippen molar-refractivity contribution in [2.45, 2.75) is 33.0 Å². The van der Waals surface area contributed by atoms with Crippen molar-refractivity contribution >= 4 is 5.78 Å². The van der Waals surface area contributed by atoms with E-state index in [2.05, 4.69) is 0 Å². The quantitative estimate of drug-likeness (QED) is 0.776. The van der Waals surface area contributed by atoms with Crippen LogP contribution in [0.4, 0.5) is 0 Å². The number of rotatable bonds is 3. The van der Waals surface area contributed by atoms with E-state index in [4.69, 9.17) is 4.74 Å². The van der Waals surface area contributed by atoms with Gasteiger partial charge in [0.15, 0.2) is 5.78 Å². The molecule has 0 radical (unpaired) electrons. The lowest BCUT2D eigenvalue weighted by atomic mass is 10.2. The number of Topliss-reactive ketones (excluding diaryl/α,β-unsaturated/α-hetero) is 1. The zero-order chi connectivity index (χ0) is 11.5. The summed E-state index contributed by atoms with van der Waals surface area (Å²) < 4.78 is 5.76. The number of ketones is 1. The van der Waals surface area contributed by atoms with Gasteiger partial charge >= 0.3 is 0 Å². The maximum atomic E-state index is 11.5. The second kappa shape index (κ2) is 4.62. The van der Waals surface area contributed by atoms with Crippen LogP contribution >= 0.6 is 0 Å². The summed E-state index contributed by atoms with van der Waals surface area (Å²) in [5.74, 6) is 0.218. The SMILES string of the molecule is CC1=C(C)C(OCc2ccccc2)CC1=O. The van der Waals surface area contributed by atoms with Crippen LogP contribution in [0, 0.1) is 0 Å². The topological polar surface area (TPSA) is 26.3 Å². The first-order valence-electron chi connectivity index (χ1n) is 5.54. The zero-order valence-electron chi connectivity index (χ0n) is 9.69. The molecule has 2 rings (SSSR count). The van der Waals surface area contributed by atoms with Crippen molar-refractivity contribution < 1.29 is 9.53 Å². The van der Waals surface area contributed by atoms with E-state index in [0.717, 1.165) is 16.7 Å². The van der Waals surface area contributed by atoms with Crippen LogP contribution in [0.1, 0.15) is 25.8 Å². The molecular weight excluding hydrogens is 200 g/mol. The summed E-state index contributed by atoms with van der Waals surface area (Å²) in [5, 5.41) is 0. The van der Waals surface area contributed by atoms with Gasteiger partial charge in [0, 0.05) is 6.42 Å². The van der Waals surface area contributed by atoms with E-state index < -0.39 is 0 Å². The van der Waals surface area contributed by atoms with Crippen LogP contribution in [0.25, 0.3) is 0 Å². The molecule has 16 heavy (non-hydrogen) atoms. The molecule has 1 aromatic carbocycles. The van der Waals surface area contributed by atoms with Gasteiger partial charge in [0.25, 0.3) is 0 Å². The van der Waals surface area contributed by atoms with Crippen LogP contribution in [-0.2, 0) is 16.1 Å². The Labute approximate surface area is 95.9 Å². The Bertz CT molecular complexity index is 418. The monoisotopic (exact) mass is 216 g/mol. The predicted molar refractivity (Wildman–Crippen MR) is 63.0 cm³/mol. The fourth-order valence-corrected chi connectivity index (χ4v) is 1.89. The zero-order valence-corrected chi connectivity index (χ0v) is 9.69. The summed E-state index contributed by atoms with van der Waals surface area (Å²) in [6.45, 7) is 4.43. The molecular formula is C14H16O2. The van der Waals surface area contributed by atoms with Gasteiger partial charge in [-0.05, 0) is 30.6 Å². The highest BCUT2D eigenvalue weighted by molar-refractivity contribution is 5.98. The van der Waals surface area contributed by atoms with Crippen molar-refractivity contribution in [3.63, 3.8) is 0 Å². The minimum absolute atomic E-state index is 0.0206. The summed E-state index contributed by atoms with van der Waals surface area (Å²) in [6, 6.07) is 10.0. The maximum absolute atomic E-state index is 11.5. The molecule has 0 N–H and O–H groups in total. The first-order valence-corrected chi connectivity index (χ1v) is 5.54. The van der Waals surface area contributed by atoms with Crippen molar-refractivity contribution in [1.29, 1.82) is 0 Å². The molecule has 0 saturated heterocycles. The third-order valence-corrected chi connectivity index (χ3v) is 3.16. The van der Waals surface area contributed by atoms with E-state index in [1.807, 2.05) is 44.2 Å². The van der Waals surface area contributed by atoms with E-state index in [1.54, 1.807) is 0 Å². The molecule has 1 unspecified atom stereocenters. The summed E-state index contributed by atoms with van der Waals surface area (Å²) in [5.41, 5.74) is 3.10. The Morgan fingerprint density at radius 1 is 1.25 bits per heavy atom. The molecule has 0 amide bonds. The molecule has 0 aromatic heterocycles. The Morgan fingerprint density at radius 2 is 1.94 bits per heavy atom. The second-order valence-corrected chi connectivity index (χ2v) is 4.22. The predicted octanol–water partition coefficient (Wildman–Crippen LogP) is 2.88. The van der Waals surface area contributed by atoms with Gasteiger partial charge in [0.2, 0.25) is 0 Å². The van der Waals surface area contributed by atoms with Gasteiger partial charge in [-0.1, -0.05) is 30.3 Å². The molecule has 0 heterocycles. The average molecular weight is 216 g/mol. The third-order valence-electron chi connectivity index (χ3n) is 3.16. The van der Waals surface area contributed by atoms with E-state index in [9.17, 15) is 4.79 Å². The van der Waals surface area contributed by atoms with E-state index >= 15 is 0 Å². The van der Waals surface area contributed by atoms with Crippen molar-refractivity contribution in [1.82, 2.24) is 0 Å². The molecule has 0 spiro atoms. The Hall–Kier alpha value is -1.41. The second-order valence-electron chi connectivity index (χ2n) is 4.22. The van der Waals surface area contributed by atoms with Crippen LogP contribution in [-0.4, -0.2) is 11.9 Å². The van der Waals surface area contributed by atoms with Crippen molar-refractivity contribution in [3.8, 4) is 0 Å². The number of allylic oxidation sites excluding steroid dienone is 1. The van der Waals surface area contributed by atoms with Crippen molar-refractivity contribution in [2.75, 3.05) is 0 Å². The Kier molecular flexibility index (Phi) is 3.20. The molecule has 1 aromatic rings. The number of hydrogen-bond acceptors (Lipinski definition) is 2. The molecule has 0 fully saturated rings. The fourth-order valence-electron chi connectivity index (χ4n) is 1.89. The van der Waals surface area contributed by atoms with E-state index in [0.29, 0.717) is 13.0 Å².